The summed E-state index contributed by atoms with van der Waals surface area (Å²) in [5, 5.41) is 9.30. The number of benzene rings is 1. The minimum atomic E-state index is -4.48. The van der Waals surface area contributed by atoms with Gasteiger partial charge in [0.05, 0.1) is 5.56 Å². The molecule has 158 valence electrons. The lowest BCUT2D eigenvalue weighted by Crippen LogP contribution is -2.30. The molecular weight excluding hydrogens is 418 g/mol. The molecule has 0 aliphatic heterocycles. The Morgan fingerprint density at radius 2 is 1.83 bits per heavy atom. The van der Waals surface area contributed by atoms with Crippen molar-refractivity contribution in [1.29, 1.82) is 0 Å². The molecule has 0 saturated heterocycles. The number of hydrogen-bond donors (Lipinski definition) is 2. The van der Waals surface area contributed by atoms with E-state index in [0.29, 0.717) is 18.7 Å². The molecule has 1 aromatic heterocycles. The van der Waals surface area contributed by atoms with Gasteiger partial charge in [-0.2, -0.15) is 31.4 Å². The first-order valence-corrected chi connectivity index (χ1v) is 9.32. The second-order valence-electron chi connectivity index (χ2n) is 6.76. The van der Waals surface area contributed by atoms with Gasteiger partial charge in [0.1, 0.15) is 0 Å². The van der Waals surface area contributed by atoms with Gasteiger partial charge in [0.2, 0.25) is 0 Å². The van der Waals surface area contributed by atoms with Crippen LogP contribution in [0.3, 0.4) is 0 Å². The zero-order valence-electron chi connectivity index (χ0n) is 15.1. The molecule has 1 heterocycles. The van der Waals surface area contributed by atoms with E-state index in [-0.39, 0.29) is 23.3 Å². The van der Waals surface area contributed by atoms with Crippen LogP contribution in [0.2, 0.25) is 0 Å². The Hall–Kier alpha value is -2.30. The average molecular weight is 436 g/mol. The van der Waals surface area contributed by atoms with Crippen molar-refractivity contribution in [2.24, 2.45) is 0 Å². The van der Waals surface area contributed by atoms with Gasteiger partial charge in [-0.15, -0.1) is 0 Å². The van der Waals surface area contributed by atoms with Crippen molar-refractivity contribution >= 4 is 23.0 Å². The fourth-order valence-electron chi connectivity index (χ4n) is 2.84. The lowest BCUT2D eigenvalue weighted by molar-refractivity contribution is -0.141. The van der Waals surface area contributed by atoms with Gasteiger partial charge in [-0.3, -0.25) is 4.68 Å². The van der Waals surface area contributed by atoms with Crippen molar-refractivity contribution in [3.05, 3.63) is 47.3 Å². The first kappa shape index (κ1) is 21.4. The van der Waals surface area contributed by atoms with Gasteiger partial charge in [0.15, 0.2) is 10.8 Å². The van der Waals surface area contributed by atoms with E-state index in [1.165, 1.54) is 16.8 Å². The van der Waals surface area contributed by atoms with E-state index in [1.807, 2.05) is 0 Å². The fraction of sp³-hybridized carbons (Fsp3) is 0.444. The van der Waals surface area contributed by atoms with E-state index >= 15 is 0 Å². The summed E-state index contributed by atoms with van der Waals surface area (Å²) in [5.41, 5.74) is -0.914. The molecule has 0 unspecified atom stereocenters. The van der Waals surface area contributed by atoms with Crippen LogP contribution in [0.4, 0.5) is 32.0 Å². The number of alkyl halides is 6. The molecule has 1 fully saturated rings. The molecule has 0 spiro atoms. The number of nitrogens with one attached hydrogen (secondary N) is 2. The first-order valence-electron chi connectivity index (χ1n) is 8.91. The van der Waals surface area contributed by atoms with E-state index in [9.17, 15) is 26.3 Å². The summed E-state index contributed by atoms with van der Waals surface area (Å²) in [5.74, 6) is 0.121. The Labute approximate surface area is 168 Å². The minimum Gasteiger partial charge on any atom is -0.362 e. The second-order valence-corrected chi connectivity index (χ2v) is 7.17. The third-order valence-corrected chi connectivity index (χ3v) is 4.62. The quantitative estimate of drug-likeness (QED) is 0.372. The van der Waals surface area contributed by atoms with E-state index in [2.05, 4.69) is 15.7 Å². The standard InChI is InChI=1S/C18H18F6N4S/c19-17(20,21)12-3-1-4-13(9-12)26-16(29)25-7-2-8-28-14(11-5-6-11)10-15(27-28)18(22,23)24/h1,3-4,9-11H,2,5-8H2,(H2,25,26,29). The van der Waals surface area contributed by atoms with Crippen LogP contribution >= 0.6 is 12.2 Å². The highest BCUT2D eigenvalue weighted by Crippen LogP contribution is 2.42. The maximum Gasteiger partial charge on any atom is 0.435 e. The third-order valence-electron chi connectivity index (χ3n) is 4.38. The largest absolute Gasteiger partial charge is 0.435 e. The van der Waals surface area contributed by atoms with Crippen LogP contribution in [-0.2, 0) is 18.9 Å². The molecule has 0 atom stereocenters. The van der Waals surface area contributed by atoms with Crippen LogP contribution < -0.4 is 10.6 Å². The molecule has 1 aliphatic carbocycles. The number of nitrogens with zero attached hydrogens (tertiary/aromatic N) is 2. The van der Waals surface area contributed by atoms with Crippen LogP contribution in [0.25, 0.3) is 0 Å². The Bertz CT molecular complexity index is 870. The monoisotopic (exact) mass is 436 g/mol. The van der Waals surface area contributed by atoms with E-state index in [0.717, 1.165) is 31.0 Å². The Morgan fingerprint density at radius 1 is 1.10 bits per heavy atom. The lowest BCUT2D eigenvalue weighted by atomic mass is 10.2. The van der Waals surface area contributed by atoms with Gasteiger partial charge in [0.25, 0.3) is 0 Å². The molecule has 29 heavy (non-hydrogen) atoms. The van der Waals surface area contributed by atoms with Crippen molar-refractivity contribution in [1.82, 2.24) is 15.1 Å². The summed E-state index contributed by atoms with van der Waals surface area (Å²) in [6.45, 7) is 0.608. The Kier molecular flexibility index (Phi) is 6.06. The van der Waals surface area contributed by atoms with Crippen molar-refractivity contribution in [3.63, 3.8) is 0 Å². The SMILES string of the molecule is FC(F)(F)c1cccc(NC(=S)NCCCn2nc(C(F)(F)F)cc2C2CC2)c1. The van der Waals surface area contributed by atoms with Crippen LogP contribution in [0.15, 0.2) is 30.3 Å². The van der Waals surface area contributed by atoms with Gasteiger partial charge in [0, 0.05) is 30.4 Å². The number of rotatable bonds is 6. The van der Waals surface area contributed by atoms with Crippen molar-refractivity contribution in [3.8, 4) is 0 Å². The zero-order chi connectivity index (χ0) is 21.2. The maximum absolute atomic E-state index is 12.9. The Balaban J connectivity index is 1.50. The van der Waals surface area contributed by atoms with E-state index in [1.54, 1.807) is 0 Å². The molecule has 4 nitrogen and oxygen atoms in total. The number of halogens is 6. The average Bonchev–Trinajstić information content (AvgIpc) is 3.36. The number of hydrogen-bond acceptors (Lipinski definition) is 2. The van der Waals surface area contributed by atoms with Gasteiger partial charge >= 0.3 is 12.4 Å². The molecule has 1 aromatic carbocycles. The first-order chi connectivity index (χ1) is 13.5. The molecule has 1 aliphatic rings. The predicted molar refractivity (Wildman–Crippen MR) is 99.5 cm³/mol. The second kappa shape index (κ2) is 8.21. The summed E-state index contributed by atoms with van der Waals surface area (Å²) in [6.07, 6.45) is -6.78. The molecule has 1 saturated carbocycles. The van der Waals surface area contributed by atoms with Gasteiger partial charge in [-0.25, -0.2) is 0 Å². The fourth-order valence-corrected chi connectivity index (χ4v) is 3.06. The summed E-state index contributed by atoms with van der Waals surface area (Å²) in [7, 11) is 0. The van der Waals surface area contributed by atoms with Crippen LogP contribution in [0, 0.1) is 0 Å². The molecule has 2 N–H and O–H groups in total. The summed E-state index contributed by atoms with van der Waals surface area (Å²) in [6, 6.07) is 5.72. The molecule has 3 rings (SSSR count). The molecule has 2 aromatic rings. The highest BCUT2D eigenvalue weighted by Gasteiger charge is 2.37. The number of aromatic nitrogens is 2. The van der Waals surface area contributed by atoms with E-state index in [4.69, 9.17) is 12.2 Å². The van der Waals surface area contributed by atoms with E-state index < -0.39 is 23.6 Å². The van der Waals surface area contributed by atoms with Crippen LogP contribution in [-0.4, -0.2) is 21.4 Å². The maximum atomic E-state index is 12.9. The molecule has 0 bridgehead atoms. The van der Waals surface area contributed by atoms with Gasteiger partial charge < -0.3 is 10.6 Å². The molecule has 0 amide bonds. The molecule has 0 radical (unpaired) electrons. The highest BCUT2D eigenvalue weighted by molar-refractivity contribution is 7.80. The molecular formula is C18H18F6N4S. The third kappa shape index (κ3) is 5.84. The minimum absolute atomic E-state index is 0.121. The predicted octanol–water partition coefficient (Wildman–Crippen LogP) is 5.17. The summed E-state index contributed by atoms with van der Waals surface area (Å²) < 4.78 is 78.2. The normalized spacial score (nSPS) is 14.7. The van der Waals surface area contributed by atoms with Crippen molar-refractivity contribution in [2.75, 3.05) is 11.9 Å². The number of anilines is 1. The number of aryl methyl sites for hydroxylation is 1. The van der Waals surface area contributed by atoms with Crippen molar-refractivity contribution < 1.29 is 26.3 Å². The topological polar surface area (TPSA) is 41.9 Å². The molecule has 11 heteroatoms. The Morgan fingerprint density at radius 3 is 2.45 bits per heavy atom. The lowest BCUT2D eigenvalue weighted by Gasteiger charge is -2.13. The zero-order valence-corrected chi connectivity index (χ0v) is 15.9. The van der Waals surface area contributed by atoms with Crippen LogP contribution in [0.1, 0.15) is 42.1 Å². The summed E-state index contributed by atoms with van der Waals surface area (Å²) >= 11 is 5.06. The van der Waals surface area contributed by atoms with Gasteiger partial charge in [-0.05, 0) is 55.7 Å². The highest BCUT2D eigenvalue weighted by atomic mass is 32.1. The number of thiocarbonyl (C=S) groups is 1. The smallest absolute Gasteiger partial charge is 0.362 e. The van der Waals surface area contributed by atoms with Crippen LogP contribution in [0.5, 0.6) is 0 Å². The van der Waals surface area contributed by atoms with Gasteiger partial charge in [-0.1, -0.05) is 6.07 Å². The summed E-state index contributed by atoms with van der Waals surface area (Å²) in [4.78, 5) is 0. The van der Waals surface area contributed by atoms with Crippen molar-refractivity contribution in [2.45, 2.75) is 44.1 Å².